The Labute approximate surface area is 102 Å². The fourth-order valence-corrected chi connectivity index (χ4v) is 1.95. The van der Waals surface area contributed by atoms with Crippen molar-refractivity contribution in [2.24, 2.45) is 11.7 Å². The molecule has 0 aliphatic heterocycles. The molecule has 2 N–H and O–H groups in total. The van der Waals surface area contributed by atoms with Gasteiger partial charge in [-0.15, -0.1) is 0 Å². The molecule has 2 rings (SSSR count). The normalized spacial score (nSPS) is 13.5. The van der Waals surface area contributed by atoms with Crippen LogP contribution in [0.2, 0.25) is 0 Å². The Bertz CT molecular complexity index is 528. The molecule has 1 aromatic heterocycles. The second-order valence-corrected chi connectivity index (χ2v) is 5.15. The number of nitrogens with two attached hydrogens (primary N) is 1. The van der Waals surface area contributed by atoms with E-state index >= 15 is 0 Å². The van der Waals surface area contributed by atoms with Crippen molar-refractivity contribution in [1.29, 1.82) is 0 Å². The summed E-state index contributed by atoms with van der Waals surface area (Å²) < 4.78 is 5.78. The number of oxazole rings is 1. The minimum atomic E-state index is 0.101. The topological polar surface area (TPSA) is 52.0 Å². The summed E-state index contributed by atoms with van der Waals surface area (Å²) >= 11 is 0. The standard InChI is InChI=1S/C14H20N2O/c1-8(2)11(15)7-13-16-12-6-9(3)5-10(4)14(12)17-13/h5-6,8,11H,7,15H2,1-4H3. The highest BCUT2D eigenvalue weighted by atomic mass is 16.3. The number of aromatic nitrogens is 1. The van der Waals surface area contributed by atoms with Gasteiger partial charge >= 0.3 is 0 Å². The van der Waals surface area contributed by atoms with Crippen molar-refractivity contribution < 1.29 is 4.42 Å². The van der Waals surface area contributed by atoms with Crippen LogP contribution in [-0.4, -0.2) is 11.0 Å². The molecule has 0 saturated carbocycles. The molecule has 17 heavy (non-hydrogen) atoms. The van der Waals surface area contributed by atoms with E-state index < -0.39 is 0 Å². The molecule has 0 spiro atoms. The van der Waals surface area contributed by atoms with Crippen molar-refractivity contribution in [2.75, 3.05) is 0 Å². The van der Waals surface area contributed by atoms with E-state index in [0.29, 0.717) is 12.3 Å². The van der Waals surface area contributed by atoms with Crippen molar-refractivity contribution in [1.82, 2.24) is 4.98 Å². The predicted molar refractivity (Wildman–Crippen MR) is 70.0 cm³/mol. The maximum Gasteiger partial charge on any atom is 0.197 e. The van der Waals surface area contributed by atoms with Gasteiger partial charge in [-0.1, -0.05) is 19.9 Å². The van der Waals surface area contributed by atoms with E-state index in [4.69, 9.17) is 10.2 Å². The average Bonchev–Trinajstić information content (AvgIpc) is 2.60. The highest BCUT2D eigenvalue weighted by Crippen LogP contribution is 2.22. The molecule has 0 bridgehead atoms. The Balaban J connectivity index is 2.35. The van der Waals surface area contributed by atoms with Crippen molar-refractivity contribution >= 4 is 11.1 Å². The minimum absolute atomic E-state index is 0.101. The van der Waals surface area contributed by atoms with Crippen LogP contribution in [0.25, 0.3) is 11.1 Å². The summed E-state index contributed by atoms with van der Waals surface area (Å²) in [5.41, 5.74) is 10.2. The van der Waals surface area contributed by atoms with Crippen LogP contribution in [0.5, 0.6) is 0 Å². The van der Waals surface area contributed by atoms with Crippen LogP contribution in [0.15, 0.2) is 16.5 Å². The molecule has 1 aromatic carbocycles. The van der Waals surface area contributed by atoms with Crippen LogP contribution < -0.4 is 5.73 Å². The first kappa shape index (κ1) is 12.1. The van der Waals surface area contributed by atoms with E-state index in [1.165, 1.54) is 5.56 Å². The van der Waals surface area contributed by atoms with Crippen LogP contribution in [-0.2, 0) is 6.42 Å². The van der Waals surface area contributed by atoms with Crippen molar-refractivity contribution in [3.05, 3.63) is 29.2 Å². The van der Waals surface area contributed by atoms with Crippen molar-refractivity contribution in [2.45, 2.75) is 40.2 Å². The van der Waals surface area contributed by atoms with Crippen LogP contribution in [0.1, 0.15) is 30.9 Å². The highest BCUT2D eigenvalue weighted by molar-refractivity contribution is 5.77. The zero-order valence-electron chi connectivity index (χ0n) is 10.9. The Kier molecular flexibility index (Phi) is 3.20. The summed E-state index contributed by atoms with van der Waals surface area (Å²) in [6, 6.07) is 4.26. The lowest BCUT2D eigenvalue weighted by Gasteiger charge is -2.12. The summed E-state index contributed by atoms with van der Waals surface area (Å²) in [7, 11) is 0. The van der Waals surface area contributed by atoms with Gasteiger partial charge in [0, 0.05) is 12.5 Å². The Morgan fingerprint density at radius 3 is 2.65 bits per heavy atom. The van der Waals surface area contributed by atoms with Gasteiger partial charge in [0.2, 0.25) is 0 Å². The van der Waals surface area contributed by atoms with Gasteiger partial charge in [-0.25, -0.2) is 4.98 Å². The maximum absolute atomic E-state index is 6.04. The molecular formula is C14H20N2O. The number of nitrogens with zero attached hydrogens (tertiary/aromatic N) is 1. The summed E-state index contributed by atoms with van der Waals surface area (Å²) in [6.45, 7) is 8.35. The quantitative estimate of drug-likeness (QED) is 0.885. The predicted octanol–water partition coefficient (Wildman–Crippen LogP) is 2.97. The SMILES string of the molecule is Cc1cc(C)c2oc(CC(N)C(C)C)nc2c1. The molecule has 0 fully saturated rings. The fraction of sp³-hybridized carbons (Fsp3) is 0.500. The molecular weight excluding hydrogens is 212 g/mol. The fourth-order valence-electron chi connectivity index (χ4n) is 1.95. The molecule has 3 nitrogen and oxygen atoms in total. The van der Waals surface area contributed by atoms with E-state index in [1.54, 1.807) is 0 Å². The first-order valence-corrected chi connectivity index (χ1v) is 6.09. The molecule has 0 aliphatic carbocycles. The Hall–Kier alpha value is -1.35. The van der Waals surface area contributed by atoms with Crippen LogP contribution >= 0.6 is 0 Å². The summed E-state index contributed by atoms with van der Waals surface area (Å²) in [5.74, 6) is 1.18. The molecule has 2 aromatic rings. The lowest BCUT2D eigenvalue weighted by molar-refractivity contribution is 0.432. The number of benzene rings is 1. The first-order valence-electron chi connectivity index (χ1n) is 6.09. The summed E-state index contributed by atoms with van der Waals surface area (Å²) in [4.78, 5) is 4.51. The van der Waals surface area contributed by atoms with Gasteiger partial charge in [-0.3, -0.25) is 0 Å². The van der Waals surface area contributed by atoms with Crippen LogP contribution in [0.3, 0.4) is 0 Å². The third-order valence-electron chi connectivity index (χ3n) is 3.13. The van der Waals surface area contributed by atoms with Gasteiger partial charge in [0.05, 0.1) is 0 Å². The molecule has 1 heterocycles. The molecule has 0 amide bonds. The highest BCUT2D eigenvalue weighted by Gasteiger charge is 2.14. The van der Waals surface area contributed by atoms with Gasteiger partial charge in [0.15, 0.2) is 11.5 Å². The van der Waals surface area contributed by atoms with Crippen LogP contribution in [0, 0.1) is 19.8 Å². The molecule has 0 radical (unpaired) electrons. The van der Waals surface area contributed by atoms with E-state index in [9.17, 15) is 0 Å². The number of fused-ring (bicyclic) bond motifs is 1. The molecule has 3 heteroatoms. The lowest BCUT2D eigenvalue weighted by Crippen LogP contribution is -2.28. The third-order valence-corrected chi connectivity index (χ3v) is 3.13. The second-order valence-electron chi connectivity index (χ2n) is 5.15. The summed E-state index contributed by atoms with van der Waals surface area (Å²) in [6.07, 6.45) is 0.699. The lowest BCUT2D eigenvalue weighted by atomic mass is 10.0. The summed E-state index contributed by atoms with van der Waals surface area (Å²) in [5, 5.41) is 0. The second kappa shape index (κ2) is 4.49. The van der Waals surface area contributed by atoms with Crippen LogP contribution in [0.4, 0.5) is 0 Å². The van der Waals surface area contributed by atoms with E-state index in [2.05, 4.69) is 37.9 Å². The number of rotatable bonds is 3. The van der Waals surface area contributed by atoms with Crippen molar-refractivity contribution in [3.63, 3.8) is 0 Å². The van der Waals surface area contributed by atoms with Gasteiger partial charge in [-0.2, -0.15) is 0 Å². The monoisotopic (exact) mass is 232 g/mol. The van der Waals surface area contributed by atoms with Gasteiger partial charge < -0.3 is 10.2 Å². The first-order chi connectivity index (χ1) is 7.97. The largest absolute Gasteiger partial charge is 0.440 e. The van der Waals surface area contributed by atoms with E-state index in [-0.39, 0.29) is 6.04 Å². The third kappa shape index (κ3) is 2.50. The van der Waals surface area contributed by atoms with Gasteiger partial charge in [-0.05, 0) is 37.0 Å². The Morgan fingerprint density at radius 2 is 2.00 bits per heavy atom. The van der Waals surface area contributed by atoms with Gasteiger partial charge in [0.1, 0.15) is 5.52 Å². The average molecular weight is 232 g/mol. The maximum atomic E-state index is 6.04. The zero-order valence-corrected chi connectivity index (χ0v) is 10.9. The molecule has 1 unspecified atom stereocenters. The molecule has 1 atom stereocenters. The van der Waals surface area contributed by atoms with E-state index in [1.807, 2.05) is 6.92 Å². The smallest absolute Gasteiger partial charge is 0.197 e. The Morgan fingerprint density at radius 1 is 1.29 bits per heavy atom. The minimum Gasteiger partial charge on any atom is -0.440 e. The number of aryl methyl sites for hydroxylation is 2. The zero-order chi connectivity index (χ0) is 12.6. The molecule has 0 aliphatic rings. The number of hydrogen-bond donors (Lipinski definition) is 1. The number of hydrogen-bond acceptors (Lipinski definition) is 3. The molecule has 92 valence electrons. The van der Waals surface area contributed by atoms with Gasteiger partial charge in [0.25, 0.3) is 0 Å². The molecule has 0 saturated heterocycles. The van der Waals surface area contributed by atoms with E-state index in [0.717, 1.165) is 22.6 Å². The van der Waals surface area contributed by atoms with Crippen molar-refractivity contribution in [3.8, 4) is 0 Å².